The van der Waals surface area contributed by atoms with E-state index in [9.17, 15) is 19.8 Å². The standard InChI is InChI=1S/C59H99NO5/c1-4-7-10-13-16-19-22-25-28-29-31-34-37-40-43-46-49-52-59(64)65-55(50-47-44-41-38-35-32-30-26-23-20-17-14-11-8-5-2)53-58(63)60-56(54-61)57(62)51-48-45-42-39-36-33-27-24-21-18-15-12-9-6-3/h8,11,14,16-17,19-20,23,25-26,28,30-32,34-35,38,41,55-57,61-62H,4-7,9-10,12-13,15,18,21-22,24,27,29,33,36-37,39-40,42-54H2,1-3H3,(H,60,63)/b11-8-,17-14+,19-16-,23-20+,28-25-,30-26-,34-31-,35-32+,41-38+. The van der Waals surface area contributed by atoms with Crippen LogP contribution in [0, 0.1) is 0 Å². The van der Waals surface area contributed by atoms with Crippen molar-refractivity contribution >= 4 is 11.9 Å². The third-order valence-corrected chi connectivity index (χ3v) is 11.5. The summed E-state index contributed by atoms with van der Waals surface area (Å²) < 4.78 is 5.89. The molecule has 0 radical (unpaired) electrons. The number of rotatable bonds is 46. The fourth-order valence-electron chi connectivity index (χ4n) is 7.47. The number of nitrogens with one attached hydrogen (secondary N) is 1. The predicted molar refractivity (Wildman–Crippen MR) is 282 cm³/mol. The quantitative estimate of drug-likeness (QED) is 0.0245. The zero-order valence-corrected chi connectivity index (χ0v) is 42.1. The summed E-state index contributed by atoms with van der Waals surface area (Å²) in [7, 11) is 0. The van der Waals surface area contributed by atoms with Crippen molar-refractivity contribution in [3.8, 4) is 0 Å². The molecule has 0 spiro atoms. The summed E-state index contributed by atoms with van der Waals surface area (Å²) in [6.45, 7) is 6.28. The smallest absolute Gasteiger partial charge is 0.306 e. The van der Waals surface area contributed by atoms with Gasteiger partial charge in [0, 0.05) is 6.42 Å². The van der Waals surface area contributed by atoms with Gasteiger partial charge in [0.25, 0.3) is 0 Å². The van der Waals surface area contributed by atoms with Gasteiger partial charge in [0.05, 0.1) is 25.2 Å². The summed E-state index contributed by atoms with van der Waals surface area (Å²) in [6, 6.07) is -0.738. The molecule has 0 aliphatic carbocycles. The Morgan fingerprint density at radius 3 is 1.45 bits per heavy atom. The van der Waals surface area contributed by atoms with Crippen molar-refractivity contribution in [1.82, 2.24) is 5.32 Å². The van der Waals surface area contributed by atoms with Gasteiger partial charge in [-0.05, 0) is 77.0 Å². The number of carbonyl (C=O) groups excluding carboxylic acids is 2. The normalized spacial score (nSPS) is 14.1. The van der Waals surface area contributed by atoms with Gasteiger partial charge in [0.2, 0.25) is 5.91 Å². The minimum Gasteiger partial charge on any atom is -0.462 e. The molecule has 0 aromatic heterocycles. The number of hydrogen-bond donors (Lipinski definition) is 3. The molecule has 0 aromatic rings. The van der Waals surface area contributed by atoms with Gasteiger partial charge in [-0.2, -0.15) is 0 Å². The number of hydrogen-bond acceptors (Lipinski definition) is 5. The van der Waals surface area contributed by atoms with E-state index in [1.807, 2.05) is 60.8 Å². The van der Waals surface area contributed by atoms with Crippen molar-refractivity contribution in [1.29, 1.82) is 0 Å². The second-order valence-corrected chi connectivity index (χ2v) is 17.7. The van der Waals surface area contributed by atoms with Crippen LogP contribution in [0.2, 0.25) is 0 Å². The highest BCUT2D eigenvalue weighted by Crippen LogP contribution is 2.17. The van der Waals surface area contributed by atoms with Crippen LogP contribution in [0.15, 0.2) is 109 Å². The number of esters is 1. The zero-order valence-electron chi connectivity index (χ0n) is 42.1. The van der Waals surface area contributed by atoms with Crippen LogP contribution in [-0.4, -0.2) is 46.9 Å². The van der Waals surface area contributed by atoms with E-state index in [1.165, 1.54) is 96.3 Å². The first-order valence-electron chi connectivity index (χ1n) is 26.7. The largest absolute Gasteiger partial charge is 0.462 e. The van der Waals surface area contributed by atoms with Gasteiger partial charge >= 0.3 is 5.97 Å². The molecule has 0 heterocycles. The van der Waals surface area contributed by atoms with E-state index in [2.05, 4.69) is 74.7 Å². The molecule has 65 heavy (non-hydrogen) atoms. The van der Waals surface area contributed by atoms with Gasteiger partial charge < -0.3 is 20.3 Å². The fourth-order valence-corrected chi connectivity index (χ4v) is 7.47. The Bertz CT molecular complexity index is 1330. The van der Waals surface area contributed by atoms with E-state index >= 15 is 0 Å². The summed E-state index contributed by atoms with van der Waals surface area (Å²) in [5, 5.41) is 23.8. The van der Waals surface area contributed by atoms with Crippen LogP contribution in [0.3, 0.4) is 0 Å². The summed E-state index contributed by atoms with van der Waals surface area (Å²) in [6.07, 6.45) is 70.0. The van der Waals surface area contributed by atoms with Gasteiger partial charge in [-0.15, -0.1) is 0 Å². The fraction of sp³-hybridized carbons (Fsp3) is 0.661. The third-order valence-electron chi connectivity index (χ3n) is 11.5. The predicted octanol–water partition coefficient (Wildman–Crippen LogP) is 16.3. The first kappa shape index (κ1) is 61.5. The first-order chi connectivity index (χ1) is 32.0. The van der Waals surface area contributed by atoms with Crippen LogP contribution in [0.1, 0.15) is 226 Å². The molecule has 6 heteroatoms. The van der Waals surface area contributed by atoms with Crippen molar-refractivity contribution < 1.29 is 24.5 Å². The lowest BCUT2D eigenvalue weighted by Crippen LogP contribution is -2.46. The lowest BCUT2D eigenvalue weighted by Gasteiger charge is -2.24. The van der Waals surface area contributed by atoms with Crippen LogP contribution in [0.5, 0.6) is 0 Å². The molecule has 0 aliphatic heterocycles. The molecule has 6 nitrogen and oxygen atoms in total. The highest BCUT2D eigenvalue weighted by molar-refractivity contribution is 5.77. The molecule has 3 atom stereocenters. The number of aliphatic hydroxyl groups excluding tert-OH is 2. The van der Waals surface area contributed by atoms with Crippen molar-refractivity contribution in [2.75, 3.05) is 6.61 Å². The number of unbranched alkanes of at least 4 members (excludes halogenated alkanes) is 21. The van der Waals surface area contributed by atoms with E-state index in [1.54, 1.807) is 0 Å². The van der Waals surface area contributed by atoms with Crippen LogP contribution >= 0.6 is 0 Å². The number of aliphatic hydroxyl groups is 2. The van der Waals surface area contributed by atoms with Crippen LogP contribution in [0.25, 0.3) is 0 Å². The monoisotopic (exact) mass is 902 g/mol. The van der Waals surface area contributed by atoms with E-state index < -0.39 is 18.2 Å². The molecule has 0 saturated carbocycles. The molecule has 3 N–H and O–H groups in total. The lowest BCUT2D eigenvalue weighted by atomic mass is 10.0. The maximum absolute atomic E-state index is 13.2. The lowest BCUT2D eigenvalue weighted by molar-refractivity contribution is -0.151. The van der Waals surface area contributed by atoms with Crippen LogP contribution < -0.4 is 5.32 Å². The third kappa shape index (κ3) is 46.8. The Morgan fingerprint density at radius 1 is 0.477 bits per heavy atom. The summed E-state index contributed by atoms with van der Waals surface area (Å²) >= 11 is 0. The summed E-state index contributed by atoms with van der Waals surface area (Å²) in [5.74, 6) is -0.582. The Hall–Kier alpha value is -3.48. The van der Waals surface area contributed by atoms with Gasteiger partial charge in [0.15, 0.2) is 0 Å². The minimum atomic E-state index is -0.819. The van der Waals surface area contributed by atoms with Gasteiger partial charge in [-0.1, -0.05) is 246 Å². The Labute approximate surface area is 400 Å². The van der Waals surface area contributed by atoms with E-state index in [0.717, 1.165) is 83.5 Å². The molecule has 0 fully saturated rings. The number of amides is 1. The zero-order chi connectivity index (χ0) is 47.4. The van der Waals surface area contributed by atoms with Gasteiger partial charge in [0.1, 0.15) is 6.10 Å². The minimum absolute atomic E-state index is 0.0110. The topological polar surface area (TPSA) is 95.9 Å². The molecule has 3 unspecified atom stereocenters. The maximum Gasteiger partial charge on any atom is 0.306 e. The average molecular weight is 902 g/mol. The Balaban J connectivity index is 4.76. The van der Waals surface area contributed by atoms with Crippen molar-refractivity contribution in [2.24, 2.45) is 0 Å². The molecule has 1 amide bonds. The van der Waals surface area contributed by atoms with E-state index in [-0.39, 0.29) is 24.9 Å². The van der Waals surface area contributed by atoms with Crippen molar-refractivity contribution in [3.63, 3.8) is 0 Å². The summed E-state index contributed by atoms with van der Waals surface area (Å²) in [4.78, 5) is 26.2. The summed E-state index contributed by atoms with van der Waals surface area (Å²) in [5.41, 5.74) is 0. The number of allylic oxidation sites excluding steroid dienone is 18. The second kappa shape index (κ2) is 51.5. The first-order valence-corrected chi connectivity index (χ1v) is 26.7. The van der Waals surface area contributed by atoms with E-state index in [4.69, 9.17) is 4.74 Å². The number of carbonyl (C=O) groups is 2. The van der Waals surface area contributed by atoms with Crippen molar-refractivity contribution in [2.45, 2.75) is 244 Å². The SMILES string of the molecule is CC\C=C/C=C/C=C/C=C\C=C\C=C\CCCC(CC(=O)NC(CO)C(O)CCCCCCCCCCCCCCCC)OC(=O)CCCCCC/C=C\C/C=C\C/C=C\CCCCC. The van der Waals surface area contributed by atoms with Gasteiger partial charge in [-0.3, -0.25) is 9.59 Å². The molecule has 0 saturated heterocycles. The van der Waals surface area contributed by atoms with Crippen LogP contribution in [-0.2, 0) is 14.3 Å². The van der Waals surface area contributed by atoms with Gasteiger partial charge in [-0.25, -0.2) is 0 Å². The Morgan fingerprint density at radius 2 is 0.908 bits per heavy atom. The molecule has 0 aromatic carbocycles. The van der Waals surface area contributed by atoms with Crippen LogP contribution in [0.4, 0.5) is 0 Å². The highest BCUT2D eigenvalue weighted by atomic mass is 16.5. The molecule has 0 aliphatic rings. The molecule has 0 rings (SSSR count). The molecular weight excluding hydrogens is 803 g/mol. The molecule has 0 bridgehead atoms. The second-order valence-electron chi connectivity index (χ2n) is 17.7. The maximum atomic E-state index is 13.2. The Kier molecular flexibility index (Phi) is 48.7. The van der Waals surface area contributed by atoms with E-state index in [0.29, 0.717) is 19.3 Å². The highest BCUT2D eigenvalue weighted by Gasteiger charge is 2.24. The average Bonchev–Trinajstić information content (AvgIpc) is 3.30. The molecule has 370 valence electrons. The van der Waals surface area contributed by atoms with Crippen molar-refractivity contribution in [3.05, 3.63) is 109 Å². The number of ether oxygens (including phenoxy) is 1. The molecular formula is C59H99NO5.